The Hall–Kier alpha value is 1.32. The van der Waals surface area contributed by atoms with Crippen molar-refractivity contribution in [2.24, 2.45) is 0 Å². The number of rotatable bonds is 6. The van der Waals surface area contributed by atoms with Crippen molar-refractivity contribution in [3.63, 3.8) is 0 Å². The molecule has 1 radical (unpaired) electrons. The van der Waals surface area contributed by atoms with E-state index in [-0.39, 0.29) is 17.1 Å². The van der Waals surface area contributed by atoms with Crippen LogP contribution in [0.4, 0.5) is 0 Å². The third-order valence-corrected chi connectivity index (χ3v) is 1.86. The molecule has 0 N–H and O–H groups in total. The van der Waals surface area contributed by atoms with Crippen LogP contribution < -0.4 is 0 Å². The van der Waals surface area contributed by atoms with Gasteiger partial charge < -0.3 is 38.9 Å². The molecule has 0 amide bonds. The third-order valence-electron chi connectivity index (χ3n) is 1.86. The zero-order chi connectivity index (χ0) is 14.1. The van der Waals surface area contributed by atoms with Gasteiger partial charge >= 0.3 is 17.1 Å². The van der Waals surface area contributed by atoms with Crippen LogP contribution in [-0.2, 0) is 41.2 Å². The molecule has 0 unspecified atom stereocenters. The van der Waals surface area contributed by atoms with Crippen molar-refractivity contribution in [1.29, 1.82) is 0 Å². The minimum atomic E-state index is -1.44. The molecular weight excluding hydrogens is 322 g/mol. The van der Waals surface area contributed by atoms with E-state index in [1.165, 1.54) is 0 Å². The Morgan fingerprint density at radius 1 is 0.722 bits per heavy atom. The predicted molar refractivity (Wildman–Crippen MR) is 86.8 cm³/mol. The fourth-order valence-electron chi connectivity index (χ4n) is 0.853. The molecule has 0 heterocycles. The van der Waals surface area contributed by atoms with Crippen molar-refractivity contribution < 1.29 is 17.1 Å². The van der Waals surface area contributed by atoms with E-state index in [0.717, 1.165) is 26.2 Å². The second-order valence-electron chi connectivity index (χ2n) is 5.31. The largest absolute Gasteiger partial charge is 5.00 e. The number of nitrogens with zero attached hydrogens (tertiary/aromatic N) is 3. The zero-order valence-corrected chi connectivity index (χ0v) is 16.6. The molecule has 0 aromatic rings. The molecule has 7 heteroatoms. The predicted octanol–water partition coefficient (Wildman–Crippen LogP) is 0.821. The van der Waals surface area contributed by atoms with Gasteiger partial charge in [-0.3, -0.25) is 0 Å². The molecular formula is C11H29FeN3S2Si+3. The Morgan fingerprint density at radius 3 is 1.11 bits per heavy atom. The second kappa shape index (κ2) is 13.3. The van der Waals surface area contributed by atoms with Gasteiger partial charge in [-0.25, -0.2) is 6.37 Å². The number of likely N-dealkylation sites (N-methyl/N-ethyl adjacent to an activating group) is 3. The molecule has 0 atom stereocenters. The maximum Gasteiger partial charge on any atom is 5.00 e. The molecule has 0 aliphatic carbocycles. The van der Waals surface area contributed by atoms with Crippen LogP contribution in [0.3, 0.4) is 0 Å². The van der Waals surface area contributed by atoms with Gasteiger partial charge in [0, 0.05) is 26.2 Å². The van der Waals surface area contributed by atoms with Crippen LogP contribution in [0.1, 0.15) is 0 Å². The van der Waals surface area contributed by atoms with Gasteiger partial charge in [0.15, 0.2) is 0 Å². The molecule has 0 rings (SSSR count). The van der Waals surface area contributed by atoms with Crippen molar-refractivity contribution in [1.82, 2.24) is 14.7 Å². The van der Waals surface area contributed by atoms with Gasteiger partial charge in [0.25, 0.3) is 0 Å². The fraction of sp³-hybridized carbons (Fsp3) is 1.00. The van der Waals surface area contributed by atoms with Gasteiger partial charge in [-0.2, -0.15) is 0 Å². The van der Waals surface area contributed by atoms with E-state index in [4.69, 9.17) is 24.2 Å². The van der Waals surface area contributed by atoms with Gasteiger partial charge in [-0.1, -0.05) is 0 Å². The monoisotopic (exact) mass is 351 g/mol. The summed E-state index contributed by atoms with van der Waals surface area (Å²) in [5.74, 6) is 0. The normalized spacial score (nSPS) is 11.3. The van der Waals surface area contributed by atoms with Crippen molar-refractivity contribution >= 4 is 30.5 Å². The van der Waals surface area contributed by atoms with Crippen molar-refractivity contribution in [2.75, 3.05) is 61.4 Å². The van der Waals surface area contributed by atoms with Crippen molar-refractivity contribution in [3.8, 4) is 0 Å². The molecule has 0 aliphatic rings. The molecule has 0 bridgehead atoms. The van der Waals surface area contributed by atoms with E-state index in [9.17, 15) is 0 Å². The Balaban J connectivity index is -0.000000321. The Labute approximate surface area is 136 Å². The summed E-state index contributed by atoms with van der Waals surface area (Å²) in [7, 11) is 10.6. The maximum atomic E-state index is 4.78. The first-order valence-corrected chi connectivity index (χ1v) is 11.2. The van der Waals surface area contributed by atoms with Gasteiger partial charge in [0.2, 0.25) is 0 Å². The molecule has 109 valence electrons. The molecule has 0 saturated heterocycles. The van der Waals surface area contributed by atoms with E-state index in [2.05, 4.69) is 49.9 Å². The molecule has 0 saturated carbocycles. The molecule has 0 fully saturated rings. The van der Waals surface area contributed by atoms with E-state index >= 15 is 0 Å². The first-order valence-electron chi connectivity index (χ1n) is 5.91. The Morgan fingerprint density at radius 2 is 0.944 bits per heavy atom. The van der Waals surface area contributed by atoms with Gasteiger partial charge in [0.05, 0.1) is 0 Å². The fourth-order valence-corrected chi connectivity index (χ4v) is 0.853. The van der Waals surface area contributed by atoms with Crippen LogP contribution in [0.2, 0.25) is 13.1 Å². The first-order chi connectivity index (χ1) is 7.52. The SMILES string of the molecule is CN(C)CCN(C)CCN(C)C.C[Si](C)([S-])[S-].[Fe+5]. The van der Waals surface area contributed by atoms with Crippen molar-refractivity contribution in [3.05, 3.63) is 0 Å². The summed E-state index contributed by atoms with van der Waals surface area (Å²) in [5.41, 5.74) is 0. The van der Waals surface area contributed by atoms with Crippen LogP contribution in [0, 0.1) is 0 Å². The zero-order valence-electron chi connectivity index (χ0n) is 12.8. The summed E-state index contributed by atoms with van der Waals surface area (Å²) >= 11 is 9.56. The van der Waals surface area contributed by atoms with Crippen LogP contribution >= 0.6 is 0 Å². The number of hydrogen-bond donors (Lipinski definition) is 0. The van der Waals surface area contributed by atoms with Crippen molar-refractivity contribution in [2.45, 2.75) is 13.1 Å². The summed E-state index contributed by atoms with van der Waals surface area (Å²) in [6, 6.07) is 0. The standard InChI is InChI=1S/C9H23N3.C2H6S2Si.Fe/c1-10(2)6-8-12(5)9-7-11(3)4;1-5(2,3)4;/h6-9H2,1-5H3;1-2H3;/q;-2;+5. The van der Waals surface area contributed by atoms with Crippen LogP contribution in [0.15, 0.2) is 0 Å². The van der Waals surface area contributed by atoms with Gasteiger partial charge in [0.1, 0.15) is 0 Å². The number of hydrogen-bond acceptors (Lipinski definition) is 5. The average Bonchev–Trinajstić information content (AvgIpc) is 2.08. The minimum absolute atomic E-state index is 0. The summed E-state index contributed by atoms with van der Waals surface area (Å²) in [6.45, 7) is 8.50. The second-order valence-corrected chi connectivity index (χ2v) is 15.0. The molecule has 0 aliphatic heterocycles. The molecule has 3 nitrogen and oxygen atoms in total. The van der Waals surface area contributed by atoms with Crippen LogP contribution in [-0.4, -0.2) is 82.5 Å². The first kappa shape index (κ1) is 24.3. The van der Waals surface area contributed by atoms with E-state index in [1.54, 1.807) is 0 Å². The smallest absolute Gasteiger partial charge is 0.817 e. The molecule has 0 aromatic carbocycles. The molecule has 18 heavy (non-hydrogen) atoms. The van der Waals surface area contributed by atoms with E-state index < -0.39 is 6.37 Å². The summed E-state index contributed by atoms with van der Waals surface area (Å²) in [4.78, 5) is 6.79. The molecule has 0 spiro atoms. The maximum absolute atomic E-state index is 4.78. The average molecular weight is 351 g/mol. The summed E-state index contributed by atoms with van der Waals surface area (Å²) in [5, 5.41) is 0. The van der Waals surface area contributed by atoms with E-state index in [0.29, 0.717) is 0 Å². The summed E-state index contributed by atoms with van der Waals surface area (Å²) in [6.07, 6.45) is -1.44. The third kappa shape index (κ3) is 36.0. The molecule has 0 aromatic heterocycles. The summed E-state index contributed by atoms with van der Waals surface area (Å²) < 4.78 is 0. The Kier molecular flexibility index (Phi) is 18.0. The quantitative estimate of drug-likeness (QED) is 0.516. The van der Waals surface area contributed by atoms with Crippen LogP contribution in [0.25, 0.3) is 0 Å². The topological polar surface area (TPSA) is 9.72 Å². The van der Waals surface area contributed by atoms with Gasteiger partial charge in [-0.05, 0) is 35.2 Å². The van der Waals surface area contributed by atoms with Gasteiger partial charge in [-0.15, -0.1) is 13.1 Å². The van der Waals surface area contributed by atoms with Crippen LogP contribution in [0.5, 0.6) is 0 Å². The van der Waals surface area contributed by atoms with E-state index in [1.807, 2.05) is 13.1 Å². The Bertz CT molecular complexity index is 160. The minimum Gasteiger partial charge on any atom is -0.817 e.